The Morgan fingerprint density at radius 1 is 0.704 bits per heavy atom. The molecule has 3 rings (SSSR count). The summed E-state index contributed by atoms with van der Waals surface area (Å²) in [5, 5.41) is 2.36. The number of ether oxygens (including phenoxy) is 1. The Labute approximate surface area is 153 Å². The number of benzene rings is 2. The zero-order chi connectivity index (χ0) is 19.2. The molecule has 0 unspecified atom stereocenters. The molecule has 1 aromatic heterocycles. The van der Waals surface area contributed by atoms with Crippen molar-refractivity contribution in [2.75, 3.05) is 5.32 Å². The summed E-state index contributed by atoms with van der Waals surface area (Å²) in [4.78, 5) is 2.51. The summed E-state index contributed by atoms with van der Waals surface area (Å²) < 4.78 is 58.9. The third kappa shape index (κ3) is 4.83. The zero-order valence-corrected chi connectivity index (χ0v) is 14.2. The Morgan fingerprint density at radius 2 is 1.22 bits per heavy atom. The second-order valence-electron chi connectivity index (χ2n) is 5.84. The highest BCUT2D eigenvalue weighted by atomic mass is 19.2. The van der Waals surface area contributed by atoms with E-state index in [1.54, 1.807) is 12.1 Å². The maximum atomic E-state index is 13.6. The molecule has 0 fully saturated rings. The molecular formula is C20H16F4N2O. The largest absolute Gasteiger partial charge is 0.376 e. The van der Waals surface area contributed by atoms with Crippen molar-refractivity contribution in [3.05, 3.63) is 94.8 Å². The van der Waals surface area contributed by atoms with Crippen molar-refractivity contribution in [2.45, 2.75) is 19.8 Å². The Kier molecular flexibility index (Phi) is 6.03. The van der Waals surface area contributed by atoms with Crippen molar-refractivity contribution < 1.29 is 22.3 Å². The van der Waals surface area contributed by atoms with Crippen molar-refractivity contribution >= 4 is 5.69 Å². The second kappa shape index (κ2) is 8.64. The molecule has 7 heteroatoms. The van der Waals surface area contributed by atoms with E-state index in [-0.39, 0.29) is 6.54 Å². The van der Waals surface area contributed by atoms with Gasteiger partial charge in [-0.1, -0.05) is 54.6 Å². The third-order valence-corrected chi connectivity index (χ3v) is 3.87. The van der Waals surface area contributed by atoms with Crippen LogP contribution in [-0.2, 0) is 24.5 Å². The van der Waals surface area contributed by atoms with Gasteiger partial charge in [0.1, 0.15) is 5.69 Å². The number of anilines is 1. The number of nitrogens with zero attached hydrogens (tertiary/aromatic N) is 1. The molecule has 0 aliphatic heterocycles. The molecule has 0 radical (unpaired) electrons. The number of hydrogen-bond acceptors (Lipinski definition) is 3. The van der Waals surface area contributed by atoms with Gasteiger partial charge in [0.05, 0.1) is 13.2 Å². The van der Waals surface area contributed by atoms with Gasteiger partial charge in [0, 0.05) is 6.54 Å². The number of nitrogens with one attached hydrogen (secondary N) is 1. The van der Waals surface area contributed by atoms with Gasteiger partial charge in [-0.2, -0.15) is 22.5 Å². The van der Waals surface area contributed by atoms with E-state index in [2.05, 4.69) is 10.3 Å². The topological polar surface area (TPSA) is 34.2 Å². The van der Waals surface area contributed by atoms with Crippen LogP contribution < -0.4 is 5.32 Å². The Morgan fingerprint density at radius 3 is 1.81 bits per heavy atom. The summed E-state index contributed by atoms with van der Waals surface area (Å²) in [6.07, 6.45) is 0. The van der Waals surface area contributed by atoms with Gasteiger partial charge < -0.3 is 10.1 Å². The molecule has 0 bridgehead atoms. The van der Waals surface area contributed by atoms with E-state index in [0.717, 1.165) is 11.1 Å². The first kappa shape index (κ1) is 18.8. The van der Waals surface area contributed by atoms with Crippen molar-refractivity contribution in [1.82, 2.24) is 4.98 Å². The SMILES string of the molecule is Fc1nc(F)c(F)c(NCc2ccc(COCc3ccccc3)cc2)c1F. The van der Waals surface area contributed by atoms with Crippen LogP contribution in [0.15, 0.2) is 54.6 Å². The smallest absolute Gasteiger partial charge is 0.253 e. The maximum absolute atomic E-state index is 13.6. The summed E-state index contributed by atoms with van der Waals surface area (Å²) in [5.41, 5.74) is 1.79. The molecule has 140 valence electrons. The summed E-state index contributed by atoms with van der Waals surface area (Å²) in [7, 11) is 0. The number of aromatic nitrogens is 1. The highest BCUT2D eigenvalue weighted by Crippen LogP contribution is 2.22. The molecule has 2 aromatic carbocycles. The van der Waals surface area contributed by atoms with Gasteiger partial charge in [-0.3, -0.25) is 0 Å². The summed E-state index contributed by atoms with van der Waals surface area (Å²) in [6.45, 7) is 0.885. The lowest BCUT2D eigenvalue weighted by Gasteiger charge is -2.10. The first-order valence-electron chi connectivity index (χ1n) is 8.18. The Bertz CT molecular complexity index is 876. The van der Waals surface area contributed by atoms with E-state index in [1.165, 1.54) is 0 Å². The van der Waals surface area contributed by atoms with E-state index in [4.69, 9.17) is 4.74 Å². The molecule has 0 amide bonds. The minimum atomic E-state index is -1.69. The van der Waals surface area contributed by atoms with E-state index >= 15 is 0 Å². The fraction of sp³-hybridized carbons (Fsp3) is 0.150. The number of hydrogen-bond donors (Lipinski definition) is 1. The second-order valence-corrected chi connectivity index (χ2v) is 5.84. The van der Waals surface area contributed by atoms with Crippen LogP contribution in [0.2, 0.25) is 0 Å². The minimum Gasteiger partial charge on any atom is -0.376 e. The molecule has 1 heterocycles. The average Bonchev–Trinajstić information content (AvgIpc) is 2.68. The summed E-state index contributed by atoms with van der Waals surface area (Å²) in [6, 6.07) is 16.8. The first-order chi connectivity index (χ1) is 13.0. The van der Waals surface area contributed by atoms with E-state index in [1.807, 2.05) is 42.5 Å². The fourth-order valence-electron chi connectivity index (χ4n) is 2.45. The normalized spacial score (nSPS) is 10.8. The van der Waals surface area contributed by atoms with E-state index in [0.29, 0.717) is 18.8 Å². The predicted molar refractivity (Wildman–Crippen MR) is 92.8 cm³/mol. The maximum Gasteiger partial charge on any atom is 0.253 e. The quantitative estimate of drug-likeness (QED) is 0.467. The molecule has 27 heavy (non-hydrogen) atoms. The number of rotatable bonds is 7. The van der Waals surface area contributed by atoms with Crippen LogP contribution >= 0.6 is 0 Å². The fourth-order valence-corrected chi connectivity index (χ4v) is 2.45. The van der Waals surface area contributed by atoms with Crippen LogP contribution in [0.5, 0.6) is 0 Å². The highest BCUT2D eigenvalue weighted by molar-refractivity contribution is 5.46. The standard InChI is InChI=1S/C20H16F4N2O/c21-16-18(17(22)20(24)26-19(16)23)25-10-13-6-8-15(9-7-13)12-27-11-14-4-2-1-3-5-14/h1-9H,10-12H2,(H,25,26). The molecule has 0 saturated heterocycles. The highest BCUT2D eigenvalue weighted by Gasteiger charge is 2.20. The summed E-state index contributed by atoms with van der Waals surface area (Å²) in [5.74, 6) is -6.50. The van der Waals surface area contributed by atoms with Gasteiger partial charge >= 0.3 is 0 Å². The van der Waals surface area contributed by atoms with Crippen molar-refractivity contribution in [3.63, 3.8) is 0 Å². The number of pyridine rings is 1. The third-order valence-electron chi connectivity index (χ3n) is 3.87. The van der Waals surface area contributed by atoms with Crippen LogP contribution in [0.4, 0.5) is 23.2 Å². The van der Waals surface area contributed by atoms with Crippen LogP contribution in [0.3, 0.4) is 0 Å². The minimum absolute atomic E-state index is 0.0120. The number of halogens is 4. The van der Waals surface area contributed by atoms with Crippen LogP contribution in [0.1, 0.15) is 16.7 Å². The van der Waals surface area contributed by atoms with Crippen LogP contribution in [0, 0.1) is 23.5 Å². The molecule has 3 nitrogen and oxygen atoms in total. The van der Waals surface area contributed by atoms with Crippen LogP contribution in [-0.4, -0.2) is 4.98 Å². The predicted octanol–water partition coefficient (Wildman–Crippen LogP) is 4.97. The molecule has 0 atom stereocenters. The molecule has 1 N–H and O–H groups in total. The summed E-state index contributed by atoms with van der Waals surface area (Å²) >= 11 is 0. The lowest BCUT2D eigenvalue weighted by atomic mass is 10.1. The van der Waals surface area contributed by atoms with E-state index < -0.39 is 29.2 Å². The zero-order valence-electron chi connectivity index (χ0n) is 14.2. The van der Waals surface area contributed by atoms with Crippen molar-refractivity contribution in [3.8, 4) is 0 Å². The molecular weight excluding hydrogens is 360 g/mol. The lowest BCUT2D eigenvalue weighted by Crippen LogP contribution is -2.09. The monoisotopic (exact) mass is 376 g/mol. The van der Waals surface area contributed by atoms with Gasteiger partial charge in [0.25, 0.3) is 11.9 Å². The van der Waals surface area contributed by atoms with E-state index in [9.17, 15) is 17.6 Å². The first-order valence-corrected chi connectivity index (χ1v) is 8.18. The van der Waals surface area contributed by atoms with Gasteiger partial charge in [-0.15, -0.1) is 0 Å². The van der Waals surface area contributed by atoms with Gasteiger partial charge in [-0.25, -0.2) is 0 Å². The molecule has 0 spiro atoms. The van der Waals surface area contributed by atoms with Crippen molar-refractivity contribution in [1.29, 1.82) is 0 Å². The van der Waals surface area contributed by atoms with Gasteiger partial charge in [0.2, 0.25) is 11.6 Å². The Balaban J connectivity index is 1.55. The van der Waals surface area contributed by atoms with Crippen molar-refractivity contribution in [2.24, 2.45) is 0 Å². The average molecular weight is 376 g/mol. The molecule has 0 aliphatic rings. The van der Waals surface area contributed by atoms with Gasteiger partial charge in [0.15, 0.2) is 0 Å². The van der Waals surface area contributed by atoms with Crippen LogP contribution in [0.25, 0.3) is 0 Å². The Hall–Kier alpha value is -2.93. The lowest BCUT2D eigenvalue weighted by molar-refractivity contribution is 0.107. The molecule has 0 saturated carbocycles. The molecule has 0 aliphatic carbocycles. The van der Waals surface area contributed by atoms with Gasteiger partial charge in [-0.05, 0) is 16.7 Å². The molecule has 3 aromatic rings.